The number of benzene rings is 10. The second kappa shape index (κ2) is 14.0. The SMILES string of the molecule is Cc1cccc(N(c2cccc(C)c2)c2ccc3c(c2)C(C)(C)c2cc(-c4cc5c6ccccc6c(-c6ccccc6-c6ccccc6)cc5c5ccccc45)ccc2-3)c1. The van der Waals surface area contributed by atoms with E-state index in [1.54, 1.807) is 0 Å². The molecular weight excluding hydrogens is 723 g/mol. The maximum absolute atomic E-state index is 2.48. The van der Waals surface area contributed by atoms with Crippen LogP contribution in [0.15, 0.2) is 200 Å². The van der Waals surface area contributed by atoms with Crippen LogP contribution in [-0.4, -0.2) is 0 Å². The number of anilines is 3. The Labute approximate surface area is 352 Å². The molecule has 0 spiro atoms. The van der Waals surface area contributed by atoms with Crippen LogP contribution in [0.2, 0.25) is 0 Å². The van der Waals surface area contributed by atoms with Crippen molar-refractivity contribution in [1.29, 1.82) is 0 Å². The molecule has 1 aliphatic carbocycles. The van der Waals surface area contributed by atoms with E-state index in [1.807, 2.05) is 0 Å². The minimum atomic E-state index is -0.206. The average Bonchev–Trinajstić information content (AvgIpc) is 3.51. The molecule has 0 radical (unpaired) electrons. The molecule has 0 heterocycles. The Balaban J connectivity index is 1.07. The average molecular weight is 768 g/mol. The van der Waals surface area contributed by atoms with Gasteiger partial charge in [-0.2, -0.15) is 0 Å². The summed E-state index contributed by atoms with van der Waals surface area (Å²) in [6.07, 6.45) is 0. The zero-order chi connectivity index (χ0) is 40.5. The number of hydrogen-bond acceptors (Lipinski definition) is 1. The molecule has 0 fully saturated rings. The highest BCUT2D eigenvalue weighted by molar-refractivity contribution is 6.24. The van der Waals surface area contributed by atoms with Crippen molar-refractivity contribution in [2.75, 3.05) is 4.90 Å². The van der Waals surface area contributed by atoms with Crippen molar-refractivity contribution in [1.82, 2.24) is 0 Å². The van der Waals surface area contributed by atoms with Crippen molar-refractivity contribution in [2.45, 2.75) is 33.1 Å². The highest BCUT2D eigenvalue weighted by atomic mass is 15.1. The lowest BCUT2D eigenvalue weighted by atomic mass is 9.81. The molecule has 10 aromatic rings. The summed E-state index contributed by atoms with van der Waals surface area (Å²) in [4.78, 5) is 2.40. The highest BCUT2D eigenvalue weighted by Gasteiger charge is 2.36. The van der Waals surface area contributed by atoms with E-state index in [0.717, 1.165) is 0 Å². The second-order valence-corrected chi connectivity index (χ2v) is 17.1. The van der Waals surface area contributed by atoms with E-state index in [-0.39, 0.29) is 5.41 Å². The minimum Gasteiger partial charge on any atom is -0.310 e. The summed E-state index contributed by atoms with van der Waals surface area (Å²) in [5.41, 5.74) is 18.6. The summed E-state index contributed by atoms with van der Waals surface area (Å²) in [6.45, 7) is 9.14. The van der Waals surface area contributed by atoms with Crippen LogP contribution >= 0.6 is 0 Å². The van der Waals surface area contributed by atoms with Gasteiger partial charge in [-0.25, -0.2) is 0 Å². The number of hydrogen-bond donors (Lipinski definition) is 0. The zero-order valence-electron chi connectivity index (χ0n) is 34.5. The molecule has 286 valence electrons. The van der Waals surface area contributed by atoms with Crippen LogP contribution in [0.3, 0.4) is 0 Å². The molecule has 1 nitrogen and oxygen atoms in total. The monoisotopic (exact) mass is 767 g/mol. The first-order valence-corrected chi connectivity index (χ1v) is 21.1. The first-order chi connectivity index (χ1) is 29.3. The van der Waals surface area contributed by atoms with Crippen molar-refractivity contribution >= 4 is 49.4 Å². The largest absolute Gasteiger partial charge is 0.310 e. The molecule has 0 saturated carbocycles. The third kappa shape index (κ3) is 5.76. The number of rotatable bonds is 6. The summed E-state index contributed by atoms with van der Waals surface area (Å²) < 4.78 is 0. The summed E-state index contributed by atoms with van der Waals surface area (Å²) in [5.74, 6) is 0. The molecule has 0 bridgehead atoms. The quantitative estimate of drug-likeness (QED) is 0.152. The van der Waals surface area contributed by atoms with Crippen LogP contribution in [0.1, 0.15) is 36.1 Å². The molecular formula is C59H45N. The molecule has 0 amide bonds. The van der Waals surface area contributed by atoms with Crippen LogP contribution in [0, 0.1) is 13.8 Å². The Bertz CT molecular complexity index is 3270. The first kappa shape index (κ1) is 35.9. The fourth-order valence-electron chi connectivity index (χ4n) is 10.0. The molecule has 0 atom stereocenters. The van der Waals surface area contributed by atoms with Crippen molar-refractivity contribution < 1.29 is 0 Å². The van der Waals surface area contributed by atoms with Crippen LogP contribution in [-0.2, 0) is 5.41 Å². The van der Waals surface area contributed by atoms with Gasteiger partial charge in [-0.15, -0.1) is 0 Å². The fourth-order valence-corrected chi connectivity index (χ4v) is 10.0. The van der Waals surface area contributed by atoms with E-state index in [4.69, 9.17) is 0 Å². The van der Waals surface area contributed by atoms with Gasteiger partial charge < -0.3 is 4.90 Å². The van der Waals surface area contributed by atoms with Crippen molar-refractivity contribution in [3.05, 3.63) is 222 Å². The maximum atomic E-state index is 2.48. The van der Waals surface area contributed by atoms with Crippen molar-refractivity contribution in [2.24, 2.45) is 0 Å². The molecule has 1 aliphatic rings. The fraction of sp³-hybridized carbons (Fsp3) is 0.0847. The zero-order valence-corrected chi connectivity index (χ0v) is 34.5. The van der Waals surface area contributed by atoms with E-state index >= 15 is 0 Å². The van der Waals surface area contributed by atoms with E-state index in [1.165, 1.54) is 116 Å². The Kier molecular flexibility index (Phi) is 8.36. The first-order valence-electron chi connectivity index (χ1n) is 21.1. The predicted molar refractivity (Wildman–Crippen MR) is 257 cm³/mol. The number of aryl methyl sites for hydroxylation is 2. The van der Waals surface area contributed by atoms with Gasteiger partial charge in [0.25, 0.3) is 0 Å². The van der Waals surface area contributed by atoms with Gasteiger partial charge in [0.15, 0.2) is 0 Å². The Hall–Kier alpha value is -7.22. The van der Waals surface area contributed by atoms with Gasteiger partial charge in [0.05, 0.1) is 0 Å². The maximum Gasteiger partial charge on any atom is 0.0465 e. The van der Waals surface area contributed by atoms with Gasteiger partial charge >= 0.3 is 0 Å². The van der Waals surface area contributed by atoms with Crippen molar-refractivity contribution in [3.63, 3.8) is 0 Å². The molecule has 60 heavy (non-hydrogen) atoms. The number of nitrogens with zero attached hydrogens (tertiary/aromatic N) is 1. The van der Waals surface area contributed by atoms with Crippen LogP contribution in [0.5, 0.6) is 0 Å². The van der Waals surface area contributed by atoms with Gasteiger partial charge in [-0.1, -0.05) is 159 Å². The molecule has 0 aliphatic heterocycles. The summed E-state index contributed by atoms with van der Waals surface area (Å²) >= 11 is 0. The van der Waals surface area contributed by atoms with Gasteiger partial charge in [0.1, 0.15) is 0 Å². The third-order valence-electron chi connectivity index (χ3n) is 12.9. The predicted octanol–water partition coefficient (Wildman–Crippen LogP) is 16.5. The lowest BCUT2D eigenvalue weighted by molar-refractivity contribution is 0.660. The summed E-state index contributed by atoms with van der Waals surface area (Å²) in [7, 11) is 0. The number of fused-ring (bicyclic) bond motifs is 8. The molecule has 0 unspecified atom stereocenters. The minimum absolute atomic E-state index is 0.206. The standard InChI is InChI=1S/C59H45N/c1-38-16-14-20-42(32-38)60(43-21-15-17-39(2)33-43)44-29-31-52-51-30-28-41(34-57(51)59(3,4)58(52)35-44)53-36-55-50-27-13-12-26-49(50)54(37-56(55)48-25-11-10-24-47(48)53)46-23-9-8-22-45(46)40-18-6-5-7-19-40/h5-37H,1-4H3. The van der Waals surface area contributed by atoms with E-state index in [0.29, 0.717) is 0 Å². The normalized spacial score (nSPS) is 12.8. The lowest BCUT2D eigenvalue weighted by Gasteiger charge is -2.28. The van der Waals surface area contributed by atoms with Crippen LogP contribution in [0.4, 0.5) is 17.1 Å². The molecule has 10 aromatic carbocycles. The molecule has 0 aromatic heterocycles. The third-order valence-corrected chi connectivity index (χ3v) is 12.9. The van der Waals surface area contributed by atoms with Crippen LogP contribution < -0.4 is 4.90 Å². The van der Waals surface area contributed by atoms with E-state index < -0.39 is 0 Å². The summed E-state index contributed by atoms with van der Waals surface area (Å²) in [6, 6.07) is 74.4. The topological polar surface area (TPSA) is 3.24 Å². The lowest BCUT2D eigenvalue weighted by Crippen LogP contribution is -2.16. The van der Waals surface area contributed by atoms with E-state index in [9.17, 15) is 0 Å². The summed E-state index contributed by atoms with van der Waals surface area (Å²) in [5, 5.41) is 7.63. The Morgan fingerprint density at radius 1 is 0.300 bits per heavy atom. The second-order valence-electron chi connectivity index (χ2n) is 17.1. The van der Waals surface area contributed by atoms with Gasteiger partial charge in [-0.3, -0.25) is 0 Å². The van der Waals surface area contributed by atoms with Gasteiger partial charge in [0.2, 0.25) is 0 Å². The molecule has 11 rings (SSSR count). The molecule has 0 saturated heterocycles. The van der Waals surface area contributed by atoms with Gasteiger partial charge in [-0.05, 0) is 168 Å². The van der Waals surface area contributed by atoms with Crippen LogP contribution in [0.25, 0.3) is 76.8 Å². The van der Waals surface area contributed by atoms with E-state index in [2.05, 4.69) is 233 Å². The highest BCUT2D eigenvalue weighted by Crippen LogP contribution is 2.52. The Morgan fingerprint density at radius 2 is 0.800 bits per heavy atom. The van der Waals surface area contributed by atoms with Gasteiger partial charge in [0, 0.05) is 22.5 Å². The molecule has 1 heteroatoms. The van der Waals surface area contributed by atoms with Crippen molar-refractivity contribution in [3.8, 4) is 44.5 Å². The molecule has 0 N–H and O–H groups in total. The smallest absolute Gasteiger partial charge is 0.0465 e. The Morgan fingerprint density at radius 3 is 1.43 bits per heavy atom.